The summed E-state index contributed by atoms with van der Waals surface area (Å²) in [7, 11) is 1.57. The molecule has 0 saturated carbocycles. The molecule has 4 heteroatoms. The van der Waals surface area contributed by atoms with Crippen LogP contribution in [0.3, 0.4) is 0 Å². The average molecular weight is 238 g/mol. The molecule has 1 aromatic heterocycles. The van der Waals surface area contributed by atoms with Gasteiger partial charge in [-0.1, -0.05) is 13.8 Å². The molecule has 96 valence electrons. The molecule has 0 aliphatic carbocycles. The molecule has 1 rings (SSSR count). The van der Waals surface area contributed by atoms with Crippen molar-refractivity contribution < 1.29 is 9.53 Å². The van der Waals surface area contributed by atoms with Gasteiger partial charge in [0.15, 0.2) is 5.78 Å². The van der Waals surface area contributed by atoms with Gasteiger partial charge in [0.05, 0.1) is 12.1 Å². The highest BCUT2D eigenvalue weighted by molar-refractivity contribution is 5.84. The Kier molecular flexibility index (Phi) is 5.35. The molecule has 1 heterocycles. The monoisotopic (exact) mass is 238 g/mol. The first kappa shape index (κ1) is 13.9. The van der Waals surface area contributed by atoms with Crippen LogP contribution in [0.2, 0.25) is 0 Å². The van der Waals surface area contributed by atoms with Crippen molar-refractivity contribution in [1.82, 2.24) is 9.78 Å². The first-order valence-corrected chi connectivity index (χ1v) is 6.21. The van der Waals surface area contributed by atoms with E-state index in [9.17, 15) is 4.79 Å². The van der Waals surface area contributed by atoms with Gasteiger partial charge < -0.3 is 4.74 Å². The van der Waals surface area contributed by atoms with E-state index in [1.54, 1.807) is 7.11 Å². The quantitative estimate of drug-likeness (QED) is 0.732. The fourth-order valence-electron chi connectivity index (χ4n) is 1.72. The number of carbonyl (C=O) groups is 1. The second-order valence-electron chi connectivity index (χ2n) is 4.32. The Morgan fingerprint density at radius 1 is 1.47 bits per heavy atom. The summed E-state index contributed by atoms with van der Waals surface area (Å²) >= 11 is 0. The second kappa shape index (κ2) is 6.55. The average Bonchev–Trinajstić information content (AvgIpc) is 2.78. The van der Waals surface area contributed by atoms with Crippen LogP contribution in [0.5, 0.6) is 0 Å². The zero-order chi connectivity index (χ0) is 12.8. The van der Waals surface area contributed by atoms with Crippen molar-refractivity contribution in [1.29, 1.82) is 0 Å². The molecular weight excluding hydrogens is 216 g/mol. The molecular formula is C13H22N2O2. The van der Waals surface area contributed by atoms with Crippen LogP contribution in [-0.2, 0) is 16.0 Å². The molecule has 4 nitrogen and oxygen atoms in total. The summed E-state index contributed by atoms with van der Waals surface area (Å²) in [5.41, 5.74) is 0.825. The minimum atomic E-state index is -0.302. The molecule has 0 fully saturated rings. The molecule has 0 aliphatic rings. The lowest BCUT2D eigenvalue weighted by molar-refractivity contribution is -0.128. The van der Waals surface area contributed by atoms with Gasteiger partial charge in [-0.05, 0) is 25.8 Å². The van der Waals surface area contributed by atoms with Crippen molar-refractivity contribution in [3.63, 3.8) is 0 Å². The number of carbonyl (C=O) groups excluding carboxylic acids is 1. The maximum absolute atomic E-state index is 11.8. The number of Topliss-reactive ketones (excluding diaryl/α,β-unsaturated/α-hetero) is 1. The van der Waals surface area contributed by atoms with Crippen molar-refractivity contribution in [2.75, 3.05) is 7.11 Å². The smallest absolute Gasteiger partial charge is 0.167 e. The number of nitrogens with zero attached hydrogens (tertiary/aromatic N) is 2. The molecule has 17 heavy (non-hydrogen) atoms. The summed E-state index contributed by atoms with van der Waals surface area (Å²) in [4.78, 5) is 11.8. The van der Waals surface area contributed by atoms with Gasteiger partial charge >= 0.3 is 0 Å². The molecule has 0 aliphatic heterocycles. The Morgan fingerprint density at radius 3 is 2.71 bits per heavy atom. The minimum absolute atomic E-state index is 0.101. The molecule has 2 atom stereocenters. The molecule has 0 bridgehead atoms. The number of rotatable bonds is 7. The summed E-state index contributed by atoms with van der Waals surface area (Å²) in [5.74, 6) is 0.101. The van der Waals surface area contributed by atoms with Gasteiger partial charge in [-0.25, -0.2) is 0 Å². The maximum atomic E-state index is 11.8. The summed E-state index contributed by atoms with van der Waals surface area (Å²) in [5, 5.41) is 4.41. The van der Waals surface area contributed by atoms with Crippen LogP contribution in [0, 0.1) is 0 Å². The fourth-order valence-corrected chi connectivity index (χ4v) is 1.72. The highest BCUT2D eigenvalue weighted by atomic mass is 16.5. The molecule has 0 spiro atoms. The lowest BCUT2D eigenvalue weighted by Crippen LogP contribution is -2.24. The predicted octanol–water partition coefficient (Wildman–Crippen LogP) is 2.39. The van der Waals surface area contributed by atoms with Crippen molar-refractivity contribution in [3.8, 4) is 0 Å². The van der Waals surface area contributed by atoms with Crippen LogP contribution in [0.4, 0.5) is 0 Å². The van der Waals surface area contributed by atoms with E-state index in [2.05, 4.69) is 18.9 Å². The van der Waals surface area contributed by atoms with Crippen molar-refractivity contribution in [2.45, 2.75) is 52.2 Å². The third-order valence-corrected chi connectivity index (χ3v) is 3.08. The first-order valence-electron chi connectivity index (χ1n) is 6.21. The topological polar surface area (TPSA) is 44.1 Å². The van der Waals surface area contributed by atoms with E-state index in [4.69, 9.17) is 4.74 Å². The molecule has 0 radical (unpaired) electrons. The van der Waals surface area contributed by atoms with Crippen molar-refractivity contribution in [3.05, 3.63) is 18.0 Å². The van der Waals surface area contributed by atoms with Crippen LogP contribution in [-0.4, -0.2) is 28.8 Å². The number of methoxy groups -OCH3 is 1. The Bertz CT molecular complexity index is 356. The van der Waals surface area contributed by atoms with Gasteiger partial charge in [0.2, 0.25) is 0 Å². The van der Waals surface area contributed by atoms with E-state index in [-0.39, 0.29) is 11.9 Å². The van der Waals surface area contributed by atoms with Crippen molar-refractivity contribution in [2.24, 2.45) is 0 Å². The van der Waals surface area contributed by atoms with Crippen LogP contribution in [0.25, 0.3) is 0 Å². The standard InChI is InChI=1S/C13H22N2O2/c1-5-10(3)15-8-7-11(14-15)9-12(16)13(6-2)17-4/h7-8,10,13H,5-6,9H2,1-4H3. The lowest BCUT2D eigenvalue weighted by atomic mass is 10.1. The van der Waals surface area contributed by atoms with E-state index in [1.165, 1.54) is 0 Å². The Hall–Kier alpha value is -1.16. The summed E-state index contributed by atoms with van der Waals surface area (Å²) < 4.78 is 7.04. The summed E-state index contributed by atoms with van der Waals surface area (Å²) in [6.07, 6.45) is 3.73. The summed E-state index contributed by atoms with van der Waals surface area (Å²) in [6.45, 7) is 6.18. The van der Waals surface area contributed by atoms with Crippen LogP contribution in [0.15, 0.2) is 12.3 Å². The Labute approximate surface area is 103 Å². The highest BCUT2D eigenvalue weighted by Crippen LogP contribution is 2.10. The maximum Gasteiger partial charge on any atom is 0.167 e. The second-order valence-corrected chi connectivity index (χ2v) is 4.32. The number of hydrogen-bond acceptors (Lipinski definition) is 3. The molecule has 1 aromatic rings. The summed E-state index contributed by atoms with van der Waals surface area (Å²) in [6, 6.07) is 2.29. The van der Waals surface area contributed by atoms with Gasteiger partial charge in [-0.15, -0.1) is 0 Å². The van der Waals surface area contributed by atoms with Crippen molar-refractivity contribution >= 4 is 5.78 Å². The van der Waals surface area contributed by atoms with Crippen LogP contribution in [0.1, 0.15) is 45.3 Å². The zero-order valence-electron chi connectivity index (χ0n) is 11.1. The van der Waals surface area contributed by atoms with E-state index >= 15 is 0 Å². The largest absolute Gasteiger partial charge is 0.374 e. The molecule has 2 unspecified atom stereocenters. The predicted molar refractivity (Wildman–Crippen MR) is 67.0 cm³/mol. The number of aromatic nitrogens is 2. The number of hydrogen-bond donors (Lipinski definition) is 0. The van der Waals surface area contributed by atoms with Gasteiger partial charge in [0.1, 0.15) is 6.10 Å². The fraction of sp³-hybridized carbons (Fsp3) is 0.692. The van der Waals surface area contributed by atoms with E-state index < -0.39 is 0 Å². The normalized spacial score (nSPS) is 14.6. The van der Waals surface area contributed by atoms with Gasteiger partial charge in [0, 0.05) is 19.3 Å². The van der Waals surface area contributed by atoms with E-state index in [0.717, 1.165) is 12.1 Å². The van der Waals surface area contributed by atoms with Gasteiger partial charge in [-0.2, -0.15) is 5.10 Å². The molecule has 0 saturated heterocycles. The SMILES string of the molecule is CCC(OC)C(=O)Cc1ccn(C(C)CC)n1. The zero-order valence-corrected chi connectivity index (χ0v) is 11.1. The minimum Gasteiger partial charge on any atom is -0.374 e. The van der Waals surface area contributed by atoms with Gasteiger partial charge in [0.25, 0.3) is 0 Å². The molecule has 0 N–H and O–H groups in total. The highest BCUT2D eigenvalue weighted by Gasteiger charge is 2.17. The third kappa shape index (κ3) is 3.66. The number of ether oxygens (including phenoxy) is 1. The van der Waals surface area contributed by atoms with Gasteiger partial charge in [-0.3, -0.25) is 9.48 Å². The Balaban J connectivity index is 2.63. The third-order valence-electron chi connectivity index (χ3n) is 3.08. The lowest BCUT2D eigenvalue weighted by Gasteiger charge is -2.11. The molecule has 0 aromatic carbocycles. The number of ketones is 1. The first-order chi connectivity index (χ1) is 8.12. The molecule has 0 amide bonds. The Morgan fingerprint density at radius 2 is 2.18 bits per heavy atom. The van der Waals surface area contributed by atoms with E-state index in [0.29, 0.717) is 18.9 Å². The van der Waals surface area contributed by atoms with Crippen LogP contribution >= 0.6 is 0 Å². The van der Waals surface area contributed by atoms with E-state index in [1.807, 2.05) is 23.9 Å². The van der Waals surface area contributed by atoms with Crippen LogP contribution < -0.4 is 0 Å².